The van der Waals surface area contributed by atoms with Gasteiger partial charge in [-0.25, -0.2) is 0 Å². The Kier molecular flexibility index (Phi) is 1.55. The Hall–Kier alpha value is -1.23. The average molecular weight is 121 g/mol. The predicted octanol–water partition coefficient (Wildman–Crippen LogP) is 1.53. The Balaban J connectivity index is 2.61. The third-order valence-electron chi connectivity index (χ3n) is 1.25. The minimum Gasteiger partial charge on any atom is -0.508 e. The Labute approximate surface area is 53.7 Å². The summed E-state index contributed by atoms with van der Waals surface area (Å²) in [4.78, 5) is 0. The van der Waals surface area contributed by atoms with Crippen molar-refractivity contribution in [1.82, 2.24) is 0 Å². The third-order valence-corrected chi connectivity index (χ3v) is 1.25. The summed E-state index contributed by atoms with van der Waals surface area (Å²) >= 11 is 0. The van der Waals surface area contributed by atoms with Crippen LogP contribution in [0.25, 0.3) is 0 Å². The molecule has 0 radical (unpaired) electrons. The Bertz CT molecular complexity index is 197. The molecule has 0 bridgehead atoms. The first-order valence-electron chi connectivity index (χ1n) is 2.80. The largest absolute Gasteiger partial charge is 0.508 e. The number of aliphatic hydroxyl groups is 1. The zero-order chi connectivity index (χ0) is 6.69. The summed E-state index contributed by atoms with van der Waals surface area (Å²) in [5, 5.41) is 17.2. The predicted molar refractivity (Wildman–Crippen MR) is 33.6 cm³/mol. The summed E-state index contributed by atoms with van der Waals surface area (Å²) < 4.78 is 0. The van der Waals surface area contributed by atoms with Crippen LogP contribution in [-0.2, 0) is 0 Å². The summed E-state index contributed by atoms with van der Waals surface area (Å²) in [7, 11) is 0. The van der Waals surface area contributed by atoms with Crippen molar-refractivity contribution in [2.45, 2.75) is 6.42 Å². The van der Waals surface area contributed by atoms with Gasteiger partial charge in [-0.05, 0) is 18.6 Å². The second-order valence-electron chi connectivity index (χ2n) is 1.96. The highest BCUT2D eigenvalue weighted by Crippen LogP contribution is 2.12. The third kappa shape index (κ3) is 1.33. The lowest BCUT2D eigenvalue weighted by Gasteiger charge is -2.03. The molecule has 0 aromatic heterocycles. The standard InChI is InChI=1S/C7H7NO/c8-5-6-1-3-7(9)4-2-6/h1,3-4,6,9H,2H2/t6-/m1/s1. The van der Waals surface area contributed by atoms with Gasteiger partial charge in [-0.3, -0.25) is 0 Å². The quantitative estimate of drug-likeness (QED) is 0.528. The van der Waals surface area contributed by atoms with Crippen molar-refractivity contribution in [2.75, 3.05) is 0 Å². The van der Waals surface area contributed by atoms with Crippen molar-refractivity contribution in [3.63, 3.8) is 0 Å². The van der Waals surface area contributed by atoms with Crippen LogP contribution in [-0.4, -0.2) is 5.11 Å². The van der Waals surface area contributed by atoms with Gasteiger partial charge in [0.15, 0.2) is 0 Å². The van der Waals surface area contributed by atoms with Gasteiger partial charge in [0.25, 0.3) is 0 Å². The molecule has 0 heterocycles. The van der Waals surface area contributed by atoms with Gasteiger partial charge in [-0.1, -0.05) is 6.08 Å². The average Bonchev–Trinajstić information content (AvgIpc) is 1.90. The molecule has 46 valence electrons. The van der Waals surface area contributed by atoms with Gasteiger partial charge in [0.1, 0.15) is 5.76 Å². The minimum absolute atomic E-state index is 0.0408. The summed E-state index contributed by atoms with van der Waals surface area (Å²) in [6, 6.07) is 2.08. The van der Waals surface area contributed by atoms with Crippen LogP contribution in [0.4, 0.5) is 0 Å². The van der Waals surface area contributed by atoms with Gasteiger partial charge in [0, 0.05) is 0 Å². The molecule has 1 atom stereocenters. The maximum Gasteiger partial charge on any atom is 0.111 e. The van der Waals surface area contributed by atoms with Gasteiger partial charge in [-0.2, -0.15) is 5.26 Å². The Morgan fingerprint density at radius 2 is 2.56 bits per heavy atom. The Morgan fingerprint density at radius 3 is 3.00 bits per heavy atom. The van der Waals surface area contributed by atoms with E-state index < -0.39 is 0 Å². The molecular weight excluding hydrogens is 114 g/mol. The van der Waals surface area contributed by atoms with E-state index in [1.165, 1.54) is 0 Å². The summed E-state index contributed by atoms with van der Waals surface area (Å²) in [6.07, 6.45) is 5.54. The van der Waals surface area contributed by atoms with E-state index in [0.29, 0.717) is 6.42 Å². The van der Waals surface area contributed by atoms with Crippen molar-refractivity contribution in [2.24, 2.45) is 5.92 Å². The van der Waals surface area contributed by atoms with E-state index in [4.69, 9.17) is 10.4 Å². The molecule has 1 N–H and O–H groups in total. The highest BCUT2D eigenvalue weighted by molar-refractivity contribution is 5.20. The lowest BCUT2D eigenvalue weighted by atomic mass is 10.0. The van der Waals surface area contributed by atoms with Gasteiger partial charge in [0.2, 0.25) is 0 Å². The molecule has 2 nitrogen and oxygen atoms in total. The normalized spacial score (nSPS) is 24.8. The fraction of sp³-hybridized carbons (Fsp3) is 0.286. The van der Waals surface area contributed by atoms with Gasteiger partial charge >= 0.3 is 0 Å². The molecule has 0 aromatic rings. The van der Waals surface area contributed by atoms with Crippen LogP contribution in [0, 0.1) is 17.2 Å². The molecule has 0 saturated heterocycles. The Morgan fingerprint density at radius 1 is 1.78 bits per heavy atom. The first-order valence-corrected chi connectivity index (χ1v) is 2.80. The molecule has 0 spiro atoms. The van der Waals surface area contributed by atoms with Crippen molar-refractivity contribution in [1.29, 1.82) is 5.26 Å². The molecule has 2 heteroatoms. The molecule has 0 unspecified atom stereocenters. The number of aliphatic hydroxyl groups excluding tert-OH is 1. The van der Waals surface area contributed by atoms with E-state index in [2.05, 4.69) is 6.07 Å². The van der Waals surface area contributed by atoms with E-state index in [1.54, 1.807) is 18.2 Å². The van der Waals surface area contributed by atoms with Gasteiger partial charge in [-0.15, -0.1) is 0 Å². The topological polar surface area (TPSA) is 44.0 Å². The fourth-order valence-electron chi connectivity index (χ4n) is 0.705. The molecule has 0 aromatic carbocycles. The van der Waals surface area contributed by atoms with Crippen molar-refractivity contribution in [3.8, 4) is 6.07 Å². The molecule has 0 aliphatic heterocycles. The van der Waals surface area contributed by atoms with Crippen LogP contribution in [0.5, 0.6) is 0 Å². The number of allylic oxidation sites excluding steroid dienone is 3. The van der Waals surface area contributed by atoms with Crippen molar-refractivity contribution < 1.29 is 5.11 Å². The lowest BCUT2D eigenvalue weighted by molar-refractivity contribution is 0.424. The van der Waals surface area contributed by atoms with Gasteiger partial charge < -0.3 is 5.11 Å². The molecule has 1 aliphatic carbocycles. The highest BCUT2D eigenvalue weighted by atomic mass is 16.3. The maximum atomic E-state index is 8.79. The zero-order valence-corrected chi connectivity index (χ0v) is 4.91. The monoisotopic (exact) mass is 121 g/mol. The molecule has 1 aliphatic rings. The number of nitrogens with zero attached hydrogens (tertiary/aromatic N) is 1. The van der Waals surface area contributed by atoms with Crippen LogP contribution in [0.1, 0.15) is 6.42 Å². The van der Waals surface area contributed by atoms with E-state index in [-0.39, 0.29) is 11.7 Å². The van der Waals surface area contributed by atoms with Crippen LogP contribution in [0.3, 0.4) is 0 Å². The van der Waals surface area contributed by atoms with E-state index in [9.17, 15) is 0 Å². The number of hydrogen-bond donors (Lipinski definition) is 1. The van der Waals surface area contributed by atoms with E-state index in [1.807, 2.05) is 0 Å². The van der Waals surface area contributed by atoms with E-state index in [0.717, 1.165) is 0 Å². The van der Waals surface area contributed by atoms with Gasteiger partial charge in [0.05, 0.1) is 12.0 Å². The molecular formula is C7H7NO. The number of nitriles is 1. The number of hydrogen-bond acceptors (Lipinski definition) is 2. The van der Waals surface area contributed by atoms with Crippen molar-refractivity contribution in [3.05, 3.63) is 24.0 Å². The van der Waals surface area contributed by atoms with E-state index >= 15 is 0 Å². The van der Waals surface area contributed by atoms with Crippen LogP contribution in [0.15, 0.2) is 24.0 Å². The van der Waals surface area contributed by atoms with Crippen molar-refractivity contribution >= 4 is 0 Å². The summed E-state index contributed by atoms with van der Waals surface area (Å²) in [5.41, 5.74) is 0. The summed E-state index contributed by atoms with van der Waals surface area (Å²) in [6.45, 7) is 0. The molecule has 0 saturated carbocycles. The molecule has 1 rings (SSSR count). The van der Waals surface area contributed by atoms with Crippen LogP contribution < -0.4 is 0 Å². The summed E-state index contributed by atoms with van der Waals surface area (Å²) in [5.74, 6) is 0.224. The van der Waals surface area contributed by atoms with Crippen LogP contribution in [0.2, 0.25) is 0 Å². The second kappa shape index (κ2) is 2.36. The zero-order valence-electron chi connectivity index (χ0n) is 4.91. The smallest absolute Gasteiger partial charge is 0.111 e. The SMILES string of the molecule is N#C[C@@H]1C=CC(O)=CC1. The second-order valence-corrected chi connectivity index (χ2v) is 1.96. The fourth-order valence-corrected chi connectivity index (χ4v) is 0.705. The molecule has 0 fully saturated rings. The number of rotatable bonds is 0. The maximum absolute atomic E-state index is 8.79. The van der Waals surface area contributed by atoms with Crippen LogP contribution >= 0.6 is 0 Å². The highest BCUT2D eigenvalue weighted by Gasteiger charge is 2.04. The lowest BCUT2D eigenvalue weighted by Crippen LogP contribution is -1.95. The first kappa shape index (κ1) is 5.90. The molecule has 0 amide bonds. The molecule has 9 heavy (non-hydrogen) atoms. The first-order chi connectivity index (χ1) is 4.33. The minimum atomic E-state index is -0.0408.